The highest BCUT2D eigenvalue weighted by Gasteiger charge is 2.02. The van der Waals surface area contributed by atoms with E-state index in [0.717, 1.165) is 36.7 Å². The van der Waals surface area contributed by atoms with Gasteiger partial charge in [0.05, 0.1) is 12.2 Å². The second kappa shape index (κ2) is 5.48. The van der Waals surface area contributed by atoms with Crippen molar-refractivity contribution in [3.63, 3.8) is 0 Å². The Labute approximate surface area is 102 Å². The summed E-state index contributed by atoms with van der Waals surface area (Å²) in [7, 11) is 0. The molecule has 0 bridgehead atoms. The third kappa shape index (κ3) is 2.84. The SMILES string of the molecule is CCNc1ccnc(Cn2ccnc2CC)c1. The summed E-state index contributed by atoms with van der Waals surface area (Å²) in [5.74, 6) is 1.10. The topological polar surface area (TPSA) is 42.7 Å². The molecule has 2 heterocycles. The quantitative estimate of drug-likeness (QED) is 0.857. The molecule has 0 aromatic carbocycles. The van der Waals surface area contributed by atoms with Crippen LogP contribution in [0.1, 0.15) is 25.4 Å². The number of anilines is 1. The first kappa shape index (κ1) is 11.6. The summed E-state index contributed by atoms with van der Waals surface area (Å²) in [6.07, 6.45) is 6.63. The number of nitrogens with zero attached hydrogens (tertiary/aromatic N) is 3. The Morgan fingerprint density at radius 2 is 2.12 bits per heavy atom. The Balaban J connectivity index is 2.15. The maximum atomic E-state index is 4.38. The number of pyridine rings is 1. The van der Waals surface area contributed by atoms with Crippen molar-refractivity contribution in [1.29, 1.82) is 0 Å². The van der Waals surface area contributed by atoms with Crippen molar-refractivity contribution in [1.82, 2.24) is 14.5 Å². The predicted octanol–water partition coefficient (Wildman–Crippen LogP) is 2.32. The predicted molar refractivity (Wildman–Crippen MR) is 69.1 cm³/mol. The molecule has 2 aromatic rings. The molecule has 1 N–H and O–H groups in total. The van der Waals surface area contributed by atoms with Gasteiger partial charge in [0, 0.05) is 37.2 Å². The van der Waals surface area contributed by atoms with Crippen LogP contribution in [0.4, 0.5) is 5.69 Å². The molecule has 2 aromatic heterocycles. The molecule has 0 spiro atoms. The second-order valence-corrected chi connectivity index (χ2v) is 3.89. The number of aromatic nitrogens is 3. The van der Waals surface area contributed by atoms with Crippen molar-refractivity contribution in [2.24, 2.45) is 0 Å². The van der Waals surface area contributed by atoms with Crippen molar-refractivity contribution >= 4 is 5.69 Å². The molecule has 4 heteroatoms. The highest BCUT2D eigenvalue weighted by molar-refractivity contribution is 5.43. The zero-order valence-corrected chi connectivity index (χ0v) is 10.3. The van der Waals surface area contributed by atoms with E-state index in [9.17, 15) is 0 Å². The molecule has 0 aliphatic heterocycles. The minimum atomic E-state index is 0.780. The number of nitrogens with one attached hydrogen (secondary N) is 1. The van der Waals surface area contributed by atoms with Crippen LogP contribution >= 0.6 is 0 Å². The van der Waals surface area contributed by atoms with Crippen LogP contribution in [0.2, 0.25) is 0 Å². The lowest BCUT2D eigenvalue weighted by molar-refractivity contribution is 0.717. The van der Waals surface area contributed by atoms with Crippen molar-refractivity contribution in [2.45, 2.75) is 26.8 Å². The third-order valence-electron chi connectivity index (χ3n) is 2.65. The van der Waals surface area contributed by atoms with Crippen LogP contribution in [-0.2, 0) is 13.0 Å². The van der Waals surface area contributed by atoms with Crippen LogP contribution in [0.25, 0.3) is 0 Å². The van der Waals surface area contributed by atoms with Gasteiger partial charge in [-0.05, 0) is 19.1 Å². The van der Waals surface area contributed by atoms with Gasteiger partial charge in [-0.25, -0.2) is 4.98 Å². The zero-order valence-electron chi connectivity index (χ0n) is 10.3. The van der Waals surface area contributed by atoms with Gasteiger partial charge in [-0.3, -0.25) is 4.98 Å². The van der Waals surface area contributed by atoms with E-state index in [1.54, 1.807) is 0 Å². The Bertz CT molecular complexity index is 476. The monoisotopic (exact) mass is 230 g/mol. The molecule has 0 radical (unpaired) electrons. The fourth-order valence-corrected chi connectivity index (χ4v) is 1.85. The van der Waals surface area contributed by atoms with E-state index < -0.39 is 0 Å². The van der Waals surface area contributed by atoms with Crippen LogP contribution in [0, 0.1) is 0 Å². The largest absolute Gasteiger partial charge is 0.385 e. The van der Waals surface area contributed by atoms with E-state index in [1.165, 1.54) is 0 Å². The second-order valence-electron chi connectivity index (χ2n) is 3.89. The summed E-state index contributed by atoms with van der Waals surface area (Å²) < 4.78 is 2.14. The summed E-state index contributed by atoms with van der Waals surface area (Å²) in [4.78, 5) is 8.69. The van der Waals surface area contributed by atoms with Crippen molar-refractivity contribution in [2.75, 3.05) is 11.9 Å². The fourth-order valence-electron chi connectivity index (χ4n) is 1.85. The molecule has 0 saturated heterocycles. The summed E-state index contributed by atoms with van der Waals surface area (Å²) in [6.45, 7) is 5.91. The van der Waals surface area contributed by atoms with Gasteiger partial charge in [0.25, 0.3) is 0 Å². The maximum Gasteiger partial charge on any atom is 0.108 e. The van der Waals surface area contributed by atoms with Crippen LogP contribution in [0.3, 0.4) is 0 Å². The molecule has 0 atom stereocenters. The molecule has 0 aliphatic carbocycles. The van der Waals surface area contributed by atoms with E-state index in [0.29, 0.717) is 0 Å². The maximum absolute atomic E-state index is 4.38. The minimum Gasteiger partial charge on any atom is -0.385 e. The van der Waals surface area contributed by atoms with Gasteiger partial charge >= 0.3 is 0 Å². The number of aryl methyl sites for hydroxylation is 1. The number of hydrogen-bond acceptors (Lipinski definition) is 3. The fraction of sp³-hybridized carbons (Fsp3) is 0.385. The number of hydrogen-bond donors (Lipinski definition) is 1. The number of rotatable bonds is 5. The van der Waals surface area contributed by atoms with Gasteiger partial charge in [0.2, 0.25) is 0 Å². The van der Waals surface area contributed by atoms with E-state index >= 15 is 0 Å². The van der Waals surface area contributed by atoms with Crippen LogP contribution < -0.4 is 5.32 Å². The lowest BCUT2D eigenvalue weighted by Crippen LogP contribution is -2.06. The lowest BCUT2D eigenvalue weighted by Gasteiger charge is -2.08. The van der Waals surface area contributed by atoms with Gasteiger partial charge in [-0.1, -0.05) is 6.92 Å². The Morgan fingerprint density at radius 3 is 2.88 bits per heavy atom. The smallest absolute Gasteiger partial charge is 0.108 e. The standard InChI is InChI=1S/C13H18N4/c1-3-13-16-7-8-17(13)10-12-9-11(14-4-2)5-6-15-12/h5-9H,3-4,10H2,1-2H3,(H,14,15). The molecule has 2 rings (SSSR count). The third-order valence-corrected chi connectivity index (χ3v) is 2.65. The lowest BCUT2D eigenvalue weighted by atomic mass is 10.3. The van der Waals surface area contributed by atoms with Gasteiger partial charge in [0.1, 0.15) is 5.82 Å². The summed E-state index contributed by atoms with van der Waals surface area (Å²) >= 11 is 0. The highest BCUT2D eigenvalue weighted by Crippen LogP contribution is 2.10. The average molecular weight is 230 g/mol. The highest BCUT2D eigenvalue weighted by atomic mass is 15.1. The Hall–Kier alpha value is -1.84. The Morgan fingerprint density at radius 1 is 1.24 bits per heavy atom. The van der Waals surface area contributed by atoms with Crippen LogP contribution in [0.15, 0.2) is 30.7 Å². The molecule has 0 fully saturated rings. The van der Waals surface area contributed by atoms with E-state index in [1.807, 2.05) is 24.7 Å². The van der Waals surface area contributed by atoms with E-state index in [-0.39, 0.29) is 0 Å². The van der Waals surface area contributed by atoms with Gasteiger partial charge in [-0.2, -0.15) is 0 Å². The van der Waals surface area contributed by atoms with Crippen molar-refractivity contribution in [3.05, 3.63) is 42.2 Å². The first-order chi connectivity index (χ1) is 8.33. The minimum absolute atomic E-state index is 0.780. The van der Waals surface area contributed by atoms with Crippen LogP contribution in [-0.4, -0.2) is 21.1 Å². The van der Waals surface area contributed by atoms with Gasteiger partial charge in [0.15, 0.2) is 0 Å². The van der Waals surface area contributed by atoms with Crippen molar-refractivity contribution < 1.29 is 0 Å². The summed E-state index contributed by atoms with van der Waals surface area (Å²) in [5, 5.41) is 3.29. The molecular weight excluding hydrogens is 212 g/mol. The molecule has 0 unspecified atom stereocenters. The zero-order chi connectivity index (χ0) is 12.1. The molecule has 17 heavy (non-hydrogen) atoms. The van der Waals surface area contributed by atoms with Gasteiger partial charge < -0.3 is 9.88 Å². The summed E-state index contributed by atoms with van der Waals surface area (Å²) in [5.41, 5.74) is 2.17. The summed E-state index contributed by atoms with van der Waals surface area (Å²) in [6, 6.07) is 4.07. The molecular formula is C13H18N4. The van der Waals surface area contributed by atoms with Gasteiger partial charge in [-0.15, -0.1) is 0 Å². The van der Waals surface area contributed by atoms with Crippen molar-refractivity contribution in [3.8, 4) is 0 Å². The first-order valence-corrected chi connectivity index (χ1v) is 6.02. The first-order valence-electron chi connectivity index (χ1n) is 6.02. The number of imidazole rings is 1. The van der Waals surface area contributed by atoms with E-state index in [4.69, 9.17) is 0 Å². The molecule has 4 nitrogen and oxygen atoms in total. The molecule has 90 valence electrons. The molecule has 0 saturated carbocycles. The normalized spacial score (nSPS) is 10.5. The van der Waals surface area contributed by atoms with E-state index in [2.05, 4.69) is 39.8 Å². The molecule has 0 aliphatic rings. The Kier molecular flexibility index (Phi) is 3.75. The van der Waals surface area contributed by atoms with Crippen LogP contribution in [0.5, 0.6) is 0 Å². The average Bonchev–Trinajstić information content (AvgIpc) is 2.77. The molecule has 0 amide bonds.